The molecular formula is C18H25FN2. The number of benzene rings is 1. The van der Waals surface area contributed by atoms with Crippen LogP contribution in [0.5, 0.6) is 0 Å². The Hall–Kier alpha value is -1.25. The smallest absolute Gasteiger partial charge is 0.148 e. The zero-order valence-corrected chi connectivity index (χ0v) is 12.6. The molecule has 0 unspecified atom stereocenters. The highest BCUT2D eigenvalue weighted by Gasteiger charge is 2.50. The summed E-state index contributed by atoms with van der Waals surface area (Å²) in [6.45, 7) is 0.954. The summed E-state index contributed by atoms with van der Waals surface area (Å²) in [5, 5.41) is 3.39. The van der Waals surface area contributed by atoms with Crippen molar-refractivity contribution in [2.45, 2.75) is 44.9 Å². The van der Waals surface area contributed by atoms with Crippen LogP contribution in [0.15, 0.2) is 18.2 Å². The molecule has 0 saturated heterocycles. The minimum absolute atomic E-state index is 0.224. The molecule has 1 aromatic carbocycles. The first-order valence-electron chi connectivity index (χ1n) is 8.41. The lowest BCUT2D eigenvalue weighted by Gasteiger charge is -2.57. The van der Waals surface area contributed by atoms with Gasteiger partial charge in [0.15, 0.2) is 0 Å². The standard InChI is InChI=1S/C18H25FN2/c19-16-8-15(1-2-17(16)20)21-4-3-18-9-12-5-13(10-18)7-14(6-12)11-18/h1-2,8,12-14,21H,3-7,9-11,20H2. The highest BCUT2D eigenvalue weighted by Crippen LogP contribution is 2.61. The fourth-order valence-corrected chi connectivity index (χ4v) is 5.71. The van der Waals surface area contributed by atoms with E-state index in [2.05, 4.69) is 5.32 Å². The number of halogens is 1. The van der Waals surface area contributed by atoms with Gasteiger partial charge in [0.2, 0.25) is 0 Å². The van der Waals surface area contributed by atoms with E-state index in [4.69, 9.17) is 5.73 Å². The Kier molecular flexibility index (Phi) is 3.13. The molecule has 5 rings (SSSR count). The average molecular weight is 288 g/mol. The van der Waals surface area contributed by atoms with Crippen LogP contribution in [0.4, 0.5) is 15.8 Å². The van der Waals surface area contributed by atoms with E-state index in [0.717, 1.165) is 30.0 Å². The minimum Gasteiger partial charge on any atom is -0.396 e. The molecule has 0 aromatic heterocycles. The maximum Gasteiger partial charge on any atom is 0.148 e. The van der Waals surface area contributed by atoms with Gasteiger partial charge in [0.25, 0.3) is 0 Å². The lowest BCUT2D eigenvalue weighted by atomic mass is 9.49. The van der Waals surface area contributed by atoms with Gasteiger partial charge in [-0.3, -0.25) is 0 Å². The number of nitrogens with two attached hydrogens (primary N) is 1. The highest BCUT2D eigenvalue weighted by atomic mass is 19.1. The summed E-state index contributed by atoms with van der Waals surface area (Å²) < 4.78 is 13.5. The van der Waals surface area contributed by atoms with Crippen LogP contribution in [0.25, 0.3) is 0 Å². The molecule has 0 heterocycles. The second-order valence-electron chi connectivity index (χ2n) is 7.83. The fourth-order valence-electron chi connectivity index (χ4n) is 5.71. The molecule has 1 aromatic rings. The van der Waals surface area contributed by atoms with Crippen LogP contribution in [-0.2, 0) is 0 Å². The van der Waals surface area contributed by atoms with Crippen molar-refractivity contribution in [3.63, 3.8) is 0 Å². The Morgan fingerprint density at radius 1 is 1.10 bits per heavy atom. The summed E-state index contributed by atoms with van der Waals surface area (Å²) in [7, 11) is 0. The van der Waals surface area contributed by atoms with E-state index in [1.165, 1.54) is 51.0 Å². The number of rotatable bonds is 4. The van der Waals surface area contributed by atoms with Gasteiger partial charge in [-0.15, -0.1) is 0 Å². The Bertz CT molecular complexity index is 505. The van der Waals surface area contributed by atoms with Crippen molar-refractivity contribution in [1.29, 1.82) is 0 Å². The summed E-state index contributed by atoms with van der Waals surface area (Å²) in [5.74, 6) is 2.69. The molecule has 0 spiro atoms. The molecule has 0 radical (unpaired) electrons. The van der Waals surface area contributed by atoms with Gasteiger partial charge in [-0.25, -0.2) is 4.39 Å². The Morgan fingerprint density at radius 2 is 1.71 bits per heavy atom. The molecule has 4 saturated carbocycles. The van der Waals surface area contributed by atoms with Crippen molar-refractivity contribution in [2.24, 2.45) is 23.2 Å². The van der Waals surface area contributed by atoms with Gasteiger partial charge in [-0.1, -0.05) is 0 Å². The normalized spacial score (nSPS) is 36.9. The fraction of sp³-hybridized carbons (Fsp3) is 0.667. The van der Waals surface area contributed by atoms with Crippen LogP contribution >= 0.6 is 0 Å². The maximum absolute atomic E-state index is 13.5. The third kappa shape index (κ3) is 2.51. The van der Waals surface area contributed by atoms with Gasteiger partial charge in [0.1, 0.15) is 5.82 Å². The van der Waals surface area contributed by atoms with Gasteiger partial charge in [-0.05, 0) is 86.3 Å². The molecule has 0 amide bonds. The van der Waals surface area contributed by atoms with Crippen molar-refractivity contribution >= 4 is 11.4 Å². The van der Waals surface area contributed by atoms with E-state index in [1.54, 1.807) is 6.07 Å². The van der Waals surface area contributed by atoms with E-state index in [1.807, 2.05) is 6.07 Å². The van der Waals surface area contributed by atoms with Crippen LogP contribution in [0.3, 0.4) is 0 Å². The van der Waals surface area contributed by atoms with Crippen LogP contribution in [0.2, 0.25) is 0 Å². The molecule has 2 nitrogen and oxygen atoms in total. The van der Waals surface area contributed by atoms with Crippen molar-refractivity contribution < 1.29 is 4.39 Å². The maximum atomic E-state index is 13.5. The molecule has 114 valence electrons. The molecule has 4 aliphatic rings. The number of hydrogen-bond acceptors (Lipinski definition) is 2. The monoisotopic (exact) mass is 288 g/mol. The first-order chi connectivity index (χ1) is 10.1. The van der Waals surface area contributed by atoms with Gasteiger partial charge in [0.05, 0.1) is 5.69 Å². The Labute approximate surface area is 126 Å². The number of nitrogens with one attached hydrogen (secondary N) is 1. The quantitative estimate of drug-likeness (QED) is 0.805. The third-order valence-corrected chi connectivity index (χ3v) is 6.15. The van der Waals surface area contributed by atoms with Crippen molar-refractivity contribution in [1.82, 2.24) is 0 Å². The summed E-state index contributed by atoms with van der Waals surface area (Å²) in [6.07, 6.45) is 10.0. The lowest BCUT2D eigenvalue weighted by Crippen LogP contribution is -2.46. The van der Waals surface area contributed by atoms with Crippen molar-refractivity contribution in [2.75, 3.05) is 17.6 Å². The van der Waals surface area contributed by atoms with E-state index in [0.29, 0.717) is 5.41 Å². The second-order valence-corrected chi connectivity index (χ2v) is 7.83. The lowest BCUT2D eigenvalue weighted by molar-refractivity contribution is -0.0552. The molecular weight excluding hydrogens is 263 g/mol. The number of nitrogen functional groups attached to an aromatic ring is 1. The average Bonchev–Trinajstić information content (AvgIpc) is 2.41. The SMILES string of the molecule is Nc1ccc(NCCC23CC4CC(CC(C4)C2)C3)cc1F. The molecule has 3 N–H and O–H groups in total. The van der Waals surface area contributed by atoms with Gasteiger partial charge < -0.3 is 11.1 Å². The first-order valence-corrected chi connectivity index (χ1v) is 8.41. The third-order valence-electron chi connectivity index (χ3n) is 6.15. The second kappa shape index (κ2) is 4.89. The Morgan fingerprint density at radius 3 is 2.29 bits per heavy atom. The zero-order chi connectivity index (χ0) is 14.4. The number of anilines is 2. The molecule has 0 atom stereocenters. The van der Waals surface area contributed by atoms with Crippen LogP contribution in [-0.4, -0.2) is 6.54 Å². The zero-order valence-electron chi connectivity index (χ0n) is 12.6. The van der Waals surface area contributed by atoms with E-state index in [9.17, 15) is 4.39 Å². The van der Waals surface area contributed by atoms with E-state index < -0.39 is 0 Å². The van der Waals surface area contributed by atoms with Crippen LogP contribution in [0.1, 0.15) is 44.9 Å². The van der Waals surface area contributed by atoms with Crippen molar-refractivity contribution in [3.05, 3.63) is 24.0 Å². The summed E-state index contributed by atoms with van der Waals surface area (Å²) >= 11 is 0. The largest absolute Gasteiger partial charge is 0.396 e. The van der Waals surface area contributed by atoms with E-state index >= 15 is 0 Å². The van der Waals surface area contributed by atoms with Crippen LogP contribution in [0, 0.1) is 29.0 Å². The molecule has 21 heavy (non-hydrogen) atoms. The van der Waals surface area contributed by atoms with Crippen LogP contribution < -0.4 is 11.1 Å². The van der Waals surface area contributed by atoms with Gasteiger partial charge in [0, 0.05) is 12.2 Å². The summed E-state index contributed by atoms with van der Waals surface area (Å²) in [4.78, 5) is 0. The van der Waals surface area contributed by atoms with E-state index in [-0.39, 0.29) is 11.5 Å². The molecule has 4 fully saturated rings. The molecule has 4 aliphatic carbocycles. The first kappa shape index (κ1) is 13.4. The Balaban J connectivity index is 1.37. The van der Waals surface area contributed by atoms with Gasteiger partial charge >= 0.3 is 0 Å². The van der Waals surface area contributed by atoms with Gasteiger partial charge in [-0.2, -0.15) is 0 Å². The minimum atomic E-state index is -0.324. The predicted molar refractivity (Wildman–Crippen MR) is 84.5 cm³/mol. The van der Waals surface area contributed by atoms with Crippen molar-refractivity contribution in [3.8, 4) is 0 Å². The molecule has 4 bridgehead atoms. The topological polar surface area (TPSA) is 38.0 Å². The summed E-state index contributed by atoms with van der Waals surface area (Å²) in [6, 6.07) is 5.02. The predicted octanol–water partition coefficient (Wildman–Crippen LogP) is 4.43. The highest BCUT2D eigenvalue weighted by molar-refractivity contribution is 5.52. The summed E-state index contributed by atoms with van der Waals surface area (Å²) in [5.41, 5.74) is 7.19. The molecule has 3 heteroatoms. The molecule has 0 aliphatic heterocycles. The number of hydrogen-bond donors (Lipinski definition) is 2.